The highest BCUT2D eigenvalue weighted by molar-refractivity contribution is 5.74. The number of nitrogens with zero attached hydrogens (tertiary/aromatic N) is 1. The van der Waals surface area contributed by atoms with Crippen LogP contribution < -0.4 is 4.74 Å². The molecule has 4 rings (SSSR count). The molecule has 1 aromatic carbocycles. The van der Waals surface area contributed by atoms with Crippen molar-refractivity contribution >= 4 is 0 Å². The Labute approximate surface area is 117 Å². The molecule has 1 N–H and O–H groups in total. The maximum atomic E-state index is 9.68. The zero-order valence-electron chi connectivity index (χ0n) is 11.2. The van der Waals surface area contributed by atoms with Gasteiger partial charge in [-0.1, -0.05) is 0 Å². The van der Waals surface area contributed by atoms with E-state index in [0.29, 0.717) is 6.61 Å². The third-order valence-electron chi connectivity index (χ3n) is 4.21. The second kappa shape index (κ2) is 4.21. The predicted molar refractivity (Wildman–Crippen MR) is 73.7 cm³/mol. The first kappa shape index (κ1) is 11.7. The molecular formula is C16H15NO3. The number of hydrogen-bond donors (Lipinski definition) is 1. The van der Waals surface area contributed by atoms with Crippen molar-refractivity contribution in [3.8, 4) is 22.8 Å². The summed E-state index contributed by atoms with van der Waals surface area (Å²) in [4.78, 5) is 4.60. The molecule has 1 aliphatic heterocycles. The number of aromatic nitrogens is 1. The van der Waals surface area contributed by atoms with Crippen molar-refractivity contribution in [2.24, 2.45) is 0 Å². The van der Waals surface area contributed by atoms with Crippen LogP contribution in [0.15, 0.2) is 24.4 Å². The summed E-state index contributed by atoms with van der Waals surface area (Å²) in [5, 5.41) is 9.68. The first-order valence-electron chi connectivity index (χ1n) is 6.77. The lowest BCUT2D eigenvalue weighted by Crippen LogP contribution is -2.10. The van der Waals surface area contributed by atoms with Crippen molar-refractivity contribution in [2.75, 3.05) is 7.11 Å². The van der Waals surface area contributed by atoms with E-state index in [4.69, 9.17) is 9.47 Å². The fraction of sp³-hybridized carbons (Fsp3) is 0.312. The van der Waals surface area contributed by atoms with E-state index in [1.807, 2.05) is 6.20 Å². The number of pyridine rings is 1. The lowest BCUT2D eigenvalue weighted by Gasteiger charge is -2.22. The van der Waals surface area contributed by atoms with Crippen molar-refractivity contribution < 1.29 is 14.6 Å². The van der Waals surface area contributed by atoms with Crippen LogP contribution in [0.25, 0.3) is 11.3 Å². The minimum absolute atomic E-state index is 0.147. The molecular weight excluding hydrogens is 254 g/mol. The van der Waals surface area contributed by atoms with Gasteiger partial charge in [-0.3, -0.25) is 4.98 Å². The number of ether oxygens (including phenoxy) is 2. The molecule has 0 saturated carbocycles. The molecule has 0 bridgehead atoms. The van der Waals surface area contributed by atoms with Crippen LogP contribution in [-0.2, 0) is 17.8 Å². The molecule has 20 heavy (non-hydrogen) atoms. The molecule has 4 nitrogen and oxygen atoms in total. The third kappa shape index (κ3) is 1.55. The van der Waals surface area contributed by atoms with Crippen LogP contribution in [0.5, 0.6) is 11.5 Å². The van der Waals surface area contributed by atoms with Gasteiger partial charge in [0.15, 0.2) is 0 Å². The van der Waals surface area contributed by atoms with E-state index < -0.39 is 0 Å². The predicted octanol–water partition coefficient (Wildman–Crippen LogP) is 2.98. The smallest absolute Gasteiger partial charge is 0.129 e. The Morgan fingerprint density at radius 3 is 3.10 bits per heavy atom. The molecule has 0 amide bonds. The van der Waals surface area contributed by atoms with Crippen LogP contribution in [0.4, 0.5) is 0 Å². The van der Waals surface area contributed by atoms with Gasteiger partial charge in [0.2, 0.25) is 0 Å². The number of phenols is 1. The fourth-order valence-corrected chi connectivity index (χ4v) is 3.22. The molecule has 1 unspecified atom stereocenters. The van der Waals surface area contributed by atoms with Crippen molar-refractivity contribution in [1.82, 2.24) is 4.98 Å². The van der Waals surface area contributed by atoms with Crippen molar-refractivity contribution in [3.63, 3.8) is 0 Å². The molecule has 0 fully saturated rings. The maximum absolute atomic E-state index is 9.68. The Bertz CT molecular complexity index is 696. The lowest BCUT2D eigenvalue weighted by molar-refractivity contribution is 0.105. The molecule has 1 aromatic heterocycles. The molecule has 2 aromatic rings. The van der Waals surface area contributed by atoms with Crippen molar-refractivity contribution in [1.29, 1.82) is 0 Å². The van der Waals surface area contributed by atoms with Gasteiger partial charge in [-0.2, -0.15) is 0 Å². The second-order valence-electron chi connectivity index (χ2n) is 5.25. The van der Waals surface area contributed by atoms with Crippen molar-refractivity contribution in [3.05, 3.63) is 41.1 Å². The Balaban J connectivity index is 1.92. The number of aromatic hydroxyl groups is 1. The third-order valence-corrected chi connectivity index (χ3v) is 4.21. The Morgan fingerprint density at radius 1 is 1.35 bits per heavy atom. The van der Waals surface area contributed by atoms with Gasteiger partial charge in [-0.15, -0.1) is 0 Å². The number of rotatable bonds is 1. The topological polar surface area (TPSA) is 51.6 Å². The maximum Gasteiger partial charge on any atom is 0.129 e. The zero-order valence-corrected chi connectivity index (χ0v) is 11.2. The molecule has 2 aliphatic rings. The van der Waals surface area contributed by atoms with Crippen LogP contribution >= 0.6 is 0 Å². The van der Waals surface area contributed by atoms with E-state index in [9.17, 15) is 5.11 Å². The van der Waals surface area contributed by atoms with Crippen LogP contribution in [0, 0.1) is 0 Å². The highest BCUT2D eigenvalue weighted by atomic mass is 16.5. The quantitative estimate of drug-likeness (QED) is 0.864. The first-order valence-corrected chi connectivity index (χ1v) is 6.77. The van der Waals surface area contributed by atoms with Gasteiger partial charge in [0.25, 0.3) is 0 Å². The van der Waals surface area contributed by atoms with Crippen LogP contribution in [0.2, 0.25) is 0 Å². The average Bonchev–Trinajstić information content (AvgIpc) is 2.90. The van der Waals surface area contributed by atoms with Crippen LogP contribution in [0.1, 0.15) is 29.2 Å². The van der Waals surface area contributed by atoms with Gasteiger partial charge in [0.1, 0.15) is 18.1 Å². The highest BCUT2D eigenvalue weighted by Gasteiger charge is 2.30. The molecule has 1 aliphatic carbocycles. The van der Waals surface area contributed by atoms with Gasteiger partial charge in [0, 0.05) is 30.0 Å². The number of hydrogen-bond acceptors (Lipinski definition) is 4. The van der Waals surface area contributed by atoms with Gasteiger partial charge < -0.3 is 14.6 Å². The zero-order chi connectivity index (χ0) is 13.7. The van der Waals surface area contributed by atoms with Gasteiger partial charge in [-0.05, 0) is 36.6 Å². The minimum atomic E-state index is 0.147. The lowest BCUT2D eigenvalue weighted by atomic mass is 9.96. The largest absolute Gasteiger partial charge is 0.508 e. The normalized spacial score (nSPS) is 18.9. The molecule has 102 valence electrons. The summed E-state index contributed by atoms with van der Waals surface area (Å²) in [5.74, 6) is 1.02. The Hall–Kier alpha value is -2.07. The standard InChI is InChI=1S/C16H15NO3/c1-19-14-5-3-10-12(14)7-17-16-11-6-9(18)2-4-15(11)20-8-13(10)16/h2,4,6-7,14,18H,3,5,8H2,1H3. The number of methoxy groups -OCH3 is 1. The van der Waals surface area contributed by atoms with Crippen LogP contribution in [0.3, 0.4) is 0 Å². The summed E-state index contributed by atoms with van der Waals surface area (Å²) in [5.41, 5.74) is 5.42. The van der Waals surface area contributed by atoms with Crippen molar-refractivity contribution in [2.45, 2.75) is 25.6 Å². The molecule has 4 heteroatoms. The van der Waals surface area contributed by atoms with E-state index >= 15 is 0 Å². The van der Waals surface area contributed by atoms with Gasteiger partial charge in [-0.25, -0.2) is 0 Å². The Kier molecular flexibility index (Phi) is 2.47. The van der Waals surface area contributed by atoms with E-state index in [1.165, 1.54) is 11.1 Å². The van der Waals surface area contributed by atoms with E-state index in [1.54, 1.807) is 25.3 Å². The van der Waals surface area contributed by atoms with E-state index in [0.717, 1.165) is 35.4 Å². The summed E-state index contributed by atoms with van der Waals surface area (Å²) >= 11 is 0. The van der Waals surface area contributed by atoms with E-state index in [2.05, 4.69) is 4.98 Å². The van der Waals surface area contributed by atoms with Gasteiger partial charge >= 0.3 is 0 Å². The summed E-state index contributed by atoms with van der Waals surface area (Å²) in [6, 6.07) is 5.15. The number of phenolic OH excluding ortho intramolecular Hbond substituents is 1. The molecule has 2 heterocycles. The molecule has 0 radical (unpaired) electrons. The fourth-order valence-electron chi connectivity index (χ4n) is 3.22. The van der Waals surface area contributed by atoms with Crippen LogP contribution in [-0.4, -0.2) is 17.2 Å². The SMILES string of the molecule is COC1CCc2c1cnc1c2COc2ccc(O)cc2-1. The minimum Gasteiger partial charge on any atom is -0.508 e. The summed E-state index contributed by atoms with van der Waals surface area (Å²) < 4.78 is 11.3. The molecule has 0 spiro atoms. The monoisotopic (exact) mass is 269 g/mol. The first-order chi connectivity index (χ1) is 9.78. The highest BCUT2D eigenvalue weighted by Crippen LogP contribution is 2.43. The Morgan fingerprint density at radius 2 is 2.25 bits per heavy atom. The number of fused-ring (bicyclic) bond motifs is 5. The summed E-state index contributed by atoms with van der Waals surface area (Å²) in [6.45, 7) is 0.541. The summed E-state index contributed by atoms with van der Waals surface area (Å²) in [7, 11) is 1.74. The number of benzene rings is 1. The molecule has 0 saturated heterocycles. The molecule has 1 atom stereocenters. The van der Waals surface area contributed by atoms with Gasteiger partial charge in [0.05, 0.1) is 11.8 Å². The average molecular weight is 269 g/mol. The van der Waals surface area contributed by atoms with E-state index in [-0.39, 0.29) is 11.9 Å². The summed E-state index contributed by atoms with van der Waals surface area (Å²) in [6.07, 6.45) is 4.05. The second-order valence-corrected chi connectivity index (χ2v) is 5.25.